The van der Waals surface area contributed by atoms with Crippen molar-refractivity contribution in [1.82, 2.24) is 5.32 Å². The first-order chi connectivity index (χ1) is 16.7. The number of sulfonamides is 1. The summed E-state index contributed by atoms with van der Waals surface area (Å²) >= 11 is 0. The first-order valence-corrected chi connectivity index (χ1v) is 13.0. The van der Waals surface area contributed by atoms with Crippen molar-refractivity contribution >= 4 is 27.6 Å². The molecule has 196 valence electrons. The zero-order chi connectivity index (χ0) is 26.7. The van der Waals surface area contributed by atoms with Crippen LogP contribution in [0.2, 0.25) is 0 Å². The Bertz CT molecular complexity index is 1220. The van der Waals surface area contributed by atoms with Crippen LogP contribution in [0.3, 0.4) is 0 Å². The van der Waals surface area contributed by atoms with Crippen LogP contribution in [0.1, 0.15) is 55.2 Å². The number of benzene rings is 2. The lowest BCUT2D eigenvalue weighted by Crippen LogP contribution is -2.40. The summed E-state index contributed by atoms with van der Waals surface area (Å²) in [4.78, 5) is 22.0. The van der Waals surface area contributed by atoms with Crippen molar-refractivity contribution < 1.29 is 36.3 Å². The molecule has 0 spiro atoms. The van der Waals surface area contributed by atoms with Gasteiger partial charge in [0.15, 0.2) is 0 Å². The third-order valence-corrected chi connectivity index (χ3v) is 7.97. The number of aryl methyl sites for hydroxylation is 2. The van der Waals surface area contributed by atoms with E-state index in [2.05, 4.69) is 10.0 Å². The predicted octanol–water partition coefficient (Wildman–Crippen LogP) is 4.83. The molecule has 0 atom stereocenters. The van der Waals surface area contributed by atoms with E-state index in [0.29, 0.717) is 11.7 Å². The number of carbonyl (C=O) groups excluding carboxylic acids is 1. The quantitative estimate of drug-likeness (QED) is 0.499. The molecular weight excluding hydrogens is 497 g/mol. The summed E-state index contributed by atoms with van der Waals surface area (Å²) in [6.45, 7) is 3.73. The summed E-state index contributed by atoms with van der Waals surface area (Å²) in [6.07, 6.45) is 1.13. The van der Waals surface area contributed by atoms with Gasteiger partial charge < -0.3 is 10.4 Å². The molecule has 0 aliphatic heterocycles. The standard InChI is InChI=1S/C23H28N2O3S.C2HF3O2/c1-16-7-12-21(17(2)15-16)29(27,28)25-20-10-8-18(9-11-20)23(13-14-23)22(26)24-19-5-3-4-6-19;3-2(4,5)1(6)7/h7-12,15,19,25H,3-6,13-14H2,1-2H3,(H,24,26);(H,6,7). The van der Waals surface area contributed by atoms with Gasteiger partial charge in [-0.25, -0.2) is 13.2 Å². The van der Waals surface area contributed by atoms with E-state index < -0.39 is 27.6 Å². The molecule has 0 heterocycles. The van der Waals surface area contributed by atoms with Crippen LogP contribution in [0.4, 0.5) is 18.9 Å². The Hall–Kier alpha value is -3.08. The number of aliphatic carboxylic acids is 1. The molecule has 2 aromatic rings. The Morgan fingerprint density at radius 3 is 2.03 bits per heavy atom. The predicted molar refractivity (Wildman–Crippen MR) is 128 cm³/mol. The number of anilines is 1. The third kappa shape index (κ3) is 6.57. The fourth-order valence-electron chi connectivity index (χ4n) is 4.33. The largest absolute Gasteiger partial charge is 0.490 e. The lowest BCUT2D eigenvalue weighted by molar-refractivity contribution is -0.192. The minimum Gasteiger partial charge on any atom is -0.475 e. The number of carboxylic acid groups (broad SMARTS) is 1. The first-order valence-electron chi connectivity index (χ1n) is 11.6. The molecule has 2 fully saturated rings. The van der Waals surface area contributed by atoms with Gasteiger partial charge in [0.1, 0.15) is 0 Å². The number of carboxylic acids is 1. The van der Waals surface area contributed by atoms with Crippen LogP contribution >= 0.6 is 0 Å². The van der Waals surface area contributed by atoms with Crippen LogP contribution < -0.4 is 10.0 Å². The molecule has 0 aromatic heterocycles. The molecule has 4 rings (SSSR count). The van der Waals surface area contributed by atoms with Crippen molar-refractivity contribution in [2.75, 3.05) is 4.72 Å². The molecule has 36 heavy (non-hydrogen) atoms. The minimum atomic E-state index is -5.08. The molecule has 2 aromatic carbocycles. The van der Waals surface area contributed by atoms with Crippen molar-refractivity contribution in [3.8, 4) is 0 Å². The summed E-state index contributed by atoms with van der Waals surface area (Å²) in [7, 11) is -3.65. The lowest BCUT2D eigenvalue weighted by Gasteiger charge is -2.20. The number of carbonyl (C=O) groups is 2. The summed E-state index contributed by atoms with van der Waals surface area (Å²) in [5.41, 5.74) is 2.77. The Morgan fingerprint density at radius 1 is 1.00 bits per heavy atom. The molecule has 11 heteroatoms. The Kier molecular flexibility index (Phi) is 8.02. The van der Waals surface area contributed by atoms with Gasteiger partial charge in [0.25, 0.3) is 10.0 Å². The van der Waals surface area contributed by atoms with Crippen LogP contribution in [-0.2, 0) is 25.0 Å². The van der Waals surface area contributed by atoms with E-state index >= 15 is 0 Å². The normalized spacial score (nSPS) is 17.0. The number of hydrogen-bond acceptors (Lipinski definition) is 4. The highest BCUT2D eigenvalue weighted by molar-refractivity contribution is 7.92. The molecule has 0 unspecified atom stereocenters. The number of nitrogens with one attached hydrogen (secondary N) is 2. The molecule has 2 saturated carbocycles. The maximum atomic E-state index is 12.8. The van der Waals surface area contributed by atoms with Crippen LogP contribution in [0.25, 0.3) is 0 Å². The van der Waals surface area contributed by atoms with Gasteiger partial charge in [-0.3, -0.25) is 9.52 Å². The molecule has 0 saturated heterocycles. The molecule has 0 bridgehead atoms. The highest BCUT2D eigenvalue weighted by Crippen LogP contribution is 2.49. The molecule has 2 aliphatic rings. The second-order valence-electron chi connectivity index (χ2n) is 9.29. The number of alkyl halides is 3. The average Bonchev–Trinajstić information content (AvgIpc) is 3.43. The lowest BCUT2D eigenvalue weighted by atomic mass is 9.94. The number of amides is 1. The van der Waals surface area contributed by atoms with E-state index in [-0.39, 0.29) is 10.8 Å². The highest BCUT2D eigenvalue weighted by Gasteiger charge is 2.51. The zero-order valence-electron chi connectivity index (χ0n) is 20.0. The van der Waals surface area contributed by atoms with Gasteiger partial charge in [0, 0.05) is 11.7 Å². The molecule has 2 aliphatic carbocycles. The van der Waals surface area contributed by atoms with E-state index in [9.17, 15) is 26.4 Å². The van der Waals surface area contributed by atoms with Gasteiger partial charge in [-0.1, -0.05) is 42.7 Å². The van der Waals surface area contributed by atoms with E-state index in [1.54, 1.807) is 31.2 Å². The number of hydrogen-bond donors (Lipinski definition) is 3. The van der Waals surface area contributed by atoms with Crippen molar-refractivity contribution in [3.63, 3.8) is 0 Å². The van der Waals surface area contributed by atoms with Crippen LogP contribution in [0, 0.1) is 13.8 Å². The topological polar surface area (TPSA) is 113 Å². The van der Waals surface area contributed by atoms with Crippen LogP contribution in [0.5, 0.6) is 0 Å². The SMILES string of the molecule is Cc1ccc(S(=O)(=O)Nc2ccc(C3(C(=O)NC4CCCC4)CC3)cc2)c(C)c1.O=C(O)C(F)(F)F. The van der Waals surface area contributed by atoms with Gasteiger partial charge in [-0.15, -0.1) is 0 Å². The molecule has 1 amide bonds. The van der Waals surface area contributed by atoms with Gasteiger partial charge in [0.2, 0.25) is 5.91 Å². The van der Waals surface area contributed by atoms with Gasteiger partial charge in [-0.05, 0) is 68.9 Å². The zero-order valence-corrected chi connectivity index (χ0v) is 20.8. The molecule has 3 N–H and O–H groups in total. The van der Waals surface area contributed by atoms with Gasteiger partial charge in [0.05, 0.1) is 10.3 Å². The van der Waals surface area contributed by atoms with Crippen LogP contribution in [-0.4, -0.2) is 37.6 Å². The van der Waals surface area contributed by atoms with Crippen LogP contribution in [0.15, 0.2) is 47.4 Å². The van der Waals surface area contributed by atoms with E-state index in [1.165, 1.54) is 12.8 Å². The molecule has 7 nitrogen and oxygen atoms in total. The third-order valence-electron chi connectivity index (χ3n) is 6.43. The molecular formula is C25H29F3N2O5S. The summed E-state index contributed by atoms with van der Waals surface area (Å²) in [5.74, 6) is -2.64. The maximum Gasteiger partial charge on any atom is 0.490 e. The van der Waals surface area contributed by atoms with E-state index in [1.807, 2.05) is 25.1 Å². The fourth-order valence-corrected chi connectivity index (χ4v) is 5.62. The van der Waals surface area contributed by atoms with Crippen molar-refractivity contribution in [2.24, 2.45) is 0 Å². The minimum absolute atomic E-state index is 0.119. The highest BCUT2D eigenvalue weighted by atomic mass is 32.2. The number of rotatable bonds is 6. The van der Waals surface area contributed by atoms with E-state index in [4.69, 9.17) is 9.90 Å². The number of halogens is 3. The second-order valence-corrected chi connectivity index (χ2v) is 10.9. The van der Waals surface area contributed by atoms with Crippen molar-refractivity contribution in [2.45, 2.75) is 74.9 Å². The second kappa shape index (κ2) is 10.5. The Labute approximate surface area is 208 Å². The summed E-state index contributed by atoms with van der Waals surface area (Å²) < 4.78 is 59.9. The van der Waals surface area contributed by atoms with Gasteiger partial charge >= 0.3 is 12.1 Å². The Balaban J connectivity index is 0.000000454. The fraction of sp³-hybridized carbons (Fsp3) is 0.440. The van der Waals surface area contributed by atoms with Crippen molar-refractivity contribution in [3.05, 3.63) is 59.2 Å². The Morgan fingerprint density at radius 2 is 1.56 bits per heavy atom. The first kappa shape index (κ1) is 27.5. The summed E-state index contributed by atoms with van der Waals surface area (Å²) in [5, 5.41) is 10.3. The molecule has 0 radical (unpaired) electrons. The summed E-state index contributed by atoms with van der Waals surface area (Å²) in [6, 6.07) is 12.8. The van der Waals surface area contributed by atoms with Crippen molar-refractivity contribution in [1.29, 1.82) is 0 Å². The average molecular weight is 527 g/mol. The maximum absolute atomic E-state index is 12.8. The van der Waals surface area contributed by atoms with E-state index in [0.717, 1.165) is 42.4 Å². The smallest absolute Gasteiger partial charge is 0.475 e. The van der Waals surface area contributed by atoms with Gasteiger partial charge in [-0.2, -0.15) is 13.2 Å². The monoisotopic (exact) mass is 526 g/mol.